The molecule has 2 N–H and O–H groups in total. The Bertz CT molecular complexity index is 417. The van der Waals surface area contributed by atoms with Crippen LogP contribution in [0.5, 0.6) is 5.75 Å². The van der Waals surface area contributed by atoms with Crippen molar-refractivity contribution in [2.45, 2.75) is 39.7 Å². The summed E-state index contributed by atoms with van der Waals surface area (Å²) in [6.45, 7) is 6.92. The molecular formula is C14H20ClNO. The number of phenolic OH excluding ortho intramolecular Hbond substituents is 1. The Morgan fingerprint density at radius 1 is 1.35 bits per heavy atom. The van der Waals surface area contributed by atoms with Gasteiger partial charge < -0.3 is 10.4 Å². The van der Waals surface area contributed by atoms with Gasteiger partial charge in [-0.05, 0) is 42.4 Å². The third-order valence-corrected chi connectivity index (χ3v) is 3.94. The van der Waals surface area contributed by atoms with Crippen molar-refractivity contribution in [1.29, 1.82) is 0 Å². The zero-order valence-corrected chi connectivity index (χ0v) is 11.4. The minimum atomic E-state index is 0.136. The summed E-state index contributed by atoms with van der Waals surface area (Å²) in [5.41, 5.74) is 1.40. The maximum atomic E-state index is 9.38. The topological polar surface area (TPSA) is 32.3 Å². The average Bonchev–Trinajstić information content (AvgIpc) is 2.46. The highest BCUT2D eigenvalue weighted by Gasteiger charge is 2.36. The van der Waals surface area contributed by atoms with Crippen LogP contribution in [0.4, 0.5) is 5.69 Å². The van der Waals surface area contributed by atoms with Crippen molar-refractivity contribution in [3.05, 3.63) is 23.2 Å². The molecule has 0 aromatic heterocycles. The van der Waals surface area contributed by atoms with Gasteiger partial charge in [0, 0.05) is 11.7 Å². The van der Waals surface area contributed by atoms with E-state index in [2.05, 4.69) is 26.1 Å². The summed E-state index contributed by atoms with van der Waals surface area (Å²) in [6.07, 6.45) is 2.42. The van der Waals surface area contributed by atoms with E-state index in [0.717, 1.165) is 5.69 Å². The van der Waals surface area contributed by atoms with Gasteiger partial charge in [0.15, 0.2) is 0 Å². The van der Waals surface area contributed by atoms with E-state index in [1.807, 2.05) is 6.07 Å². The van der Waals surface area contributed by atoms with Crippen molar-refractivity contribution in [3.8, 4) is 5.75 Å². The van der Waals surface area contributed by atoms with Crippen LogP contribution in [0, 0.1) is 11.3 Å². The lowest BCUT2D eigenvalue weighted by Crippen LogP contribution is -2.22. The molecule has 1 aromatic carbocycles. The third-order valence-electron chi connectivity index (χ3n) is 3.63. The number of nitrogens with one attached hydrogen (secondary N) is 1. The summed E-state index contributed by atoms with van der Waals surface area (Å²) in [6, 6.07) is 5.79. The molecule has 1 fully saturated rings. The van der Waals surface area contributed by atoms with Crippen LogP contribution in [-0.2, 0) is 0 Å². The highest BCUT2D eigenvalue weighted by atomic mass is 35.5. The summed E-state index contributed by atoms with van der Waals surface area (Å²) in [5.74, 6) is 0.801. The fraction of sp³-hybridized carbons (Fsp3) is 0.571. The molecule has 0 heterocycles. The molecule has 0 aliphatic heterocycles. The Hall–Kier alpha value is -0.890. The van der Waals surface area contributed by atoms with Gasteiger partial charge in [-0.2, -0.15) is 0 Å². The van der Waals surface area contributed by atoms with Crippen LogP contribution in [0.2, 0.25) is 5.02 Å². The second kappa shape index (κ2) is 4.41. The Balaban J connectivity index is 2.08. The fourth-order valence-corrected chi connectivity index (χ4v) is 3.08. The lowest BCUT2D eigenvalue weighted by Gasteiger charge is -2.20. The minimum absolute atomic E-state index is 0.136. The lowest BCUT2D eigenvalue weighted by molar-refractivity contribution is 0.366. The van der Waals surface area contributed by atoms with Crippen LogP contribution in [-0.4, -0.2) is 11.1 Å². The summed E-state index contributed by atoms with van der Waals surface area (Å²) in [7, 11) is 0. The molecular weight excluding hydrogens is 234 g/mol. The van der Waals surface area contributed by atoms with Crippen LogP contribution in [0.25, 0.3) is 0 Å². The second-order valence-electron chi connectivity index (χ2n) is 5.97. The Morgan fingerprint density at radius 2 is 2.06 bits per heavy atom. The molecule has 0 saturated heterocycles. The fourth-order valence-electron chi connectivity index (χ4n) is 2.90. The number of anilines is 1. The maximum absolute atomic E-state index is 9.38. The molecule has 1 saturated carbocycles. The Labute approximate surface area is 108 Å². The van der Waals surface area contributed by atoms with Gasteiger partial charge in [0.2, 0.25) is 0 Å². The molecule has 17 heavy (non-hydrogen) atoms. The molecule has 2 unspecified atom stereocenters. The van der Waals surface area contributed by atoms with E-state index >= 15 is 0 Å². The highest BCUT2D eigenvalue weighted by Crippen LogP contribution is 2.42. The van der Waals surface area contributed by atoms with E-state index < -0.39 is 0 Å². The van der Waals surface area contributed by atoms with Crippen LogP contribution < -0.4 is 5.32 Å². The summed E-state index contributed by atoms with van der Waals surface area (Å²) in [5, 5.41) is 13.3. The number of halogens is 1. The molecule has 94 valence electrons. The van der Waals surface area contributed by atoms with Gasteiger partial charge in [-0.1, -0.05) is 32.4 Å². The van der Waals surface area contributed by atoms with E-state index in [1.165, 1.54) is 12.8 Å². The van der Waals surface area contributed by atoms with Crippen LogP contribution in [0.15, 0.2) is 18.2 Å². The molecule has 0 bridgehead atoms. The number of hydrogen-bond donors (Lipinski definition) is 2. The normalized spacial score (nSPS) is 27.1. The molecule has 2 nitrogen and oxygen atoms in total. The first-order valence-corrected chi connectivity index (χ1v) is 6.50. The first kappa shape index (κ1) is 12.6. The first-order valence-electron chi connectivity index (χ1n) is 6.12. The largest absolute Gasteiger partial charge is 0.506 e. The van der Waals surface area contributed by atoms with Gasteiger partial charge in [-0.15, -0.1) is 0 Å². The number of phenols is 1. The van der Waals surface area contributed by atoms with Crippen molar-refractivity contribution in [1.82, 2.24) is 0 Å². The van der Waals surface area contributed by atoms with E-state index in [4.69, 9.17) is 11.6 Å². The van der Waals surface area contributed by atoms with Crippen molar-refractivity contribution < 1.29 is 5.11 Å². The smallest absolute Gasteiger partial charge is 0.134 e. The molecule has 2 atom stereocenters. The van der Waals surface area contributed by atoms with E-state index in [0.29, 0.717) is 22.4 Å². The average molecular weight is 254 g/mol. The zero-order valence-electron chi connectivity index (χ0n) is 10.6. The van der Waals surface area contributed by atoms with E-state index in [1.54, 1.807) is 12.1 Å². The Kier molecular flexibility index (Phi) is 3.26. The maximum Gasteiger partial charge on any atom is 0.134 e. The van der Waals surface area contributed by atoms with Gasteiger partial charge in [0.25, 0.3) is 0 Å². The SMILES string of the molecule is CC1CC(C)(C)CC1Nc1ccc(O)c(Cl)c1. The van der Waals surface area contributed by atoms with Gasteiger partial charge in [-0.25, -0.2) is 0 Å². The van der Waals surface area contributed by atoms with Crippen LogP contribution in [0.3, 0.4) is 0 Å². The molecule has 1 aliphatic rings. The minimum Gasteiger partial charge on any atom is -0.506 e. The molecule has 0 spiro atoms. The van der Waals surface area contributed by atoms with Crippen molar-refractivity contribution in [3.63, 3.8) is 0 Å². The van der Waals surface area contributed by atoms with Gasteiger partial charge in [-0.3, -0.25) is 0 Å². The standard InChI is InChI=1S/C14H20ClNO/c1-9-7-14(2,3)8-12(9)16-10-4-5-13(17)11(15)6-10/h4-6,9,12,16-17H,7-8H2,1-3H3. The van der Waals surface area contributed by atoms with Crippen molar-refractivity contribution in [2.75, 3.05) is 5.32 Å². The van der Waals surface area contributed by atoms with Gasteiger partial charge in [0.05, 0.1) is 5.02 Å². The highest BCUT2D eigenvalue weighted by molar-refractivity contribution is 6.32. The summed E-state index contributed by atoms with van der Waals surface area (Å²) in [4.78, 5) is 0. The molecule has 2 rings (SSSR count). The second-order valence-corrected chi connectivity index (χ2v) is 6.37. The molecule has 1 aromatic rings. The third kappa shape index (κ3) is 2.86. The van der Waals surface area contributed by atoms with Crippen LogP contribution in [0.1, 0.15) is 33.6 Å². The number of rotatable bonds is 2. The molecule has 0 amide bonds. The van der Waals surface area contributed by atoms with Gasteiger partial charge in [0.1, 0.15) is 5.75 Å². The molecule has 3 heteroatoms. The molecule has 1 aliphatic carbocycles. The van der Waals surface area contributed by atoms with Crippen molar-refractivity contribution in [2.24, 2.45) is 11.3 Å². The predicted molar refractivity (Wildman–Crippen MR) is 72.7 cm³/mol. The first-order chi connectivity index (χ1) is 7.87. The van der Waals surface area contributed by atoms with E-state index in [-0.39, 0.29) is 5.75 Å². The lowest BCUT2D eigenvalue weighted by atomic mass is 9.91. The number of aromatic hydroxyl groups is 1. The monoisotopic (exact) mass is 253 g/mol. The molecule has 0 radical (unpaired) electrons. The summed E-state index contributed by atoms with van der Waals surface area (Å²) < 4.78 is 0. The predicted octanol–water partition coefficient (Wildman–Crippen LogP) is 4.28. The van der Waals surface area contributed by atoms with Crippen molar-refractivity contribution >= 4 is 17.3 Å². The van der Waals surface area contributed by atoms with E-state index in [9.17, 15) is 5.11 Å². The number of hydrogen-bond acceptors (Lipinski definition) is 2. The van der Waals surface area contributed by atoms with Crippen LogP contribution >= 0.6 is 11.6 Å². The zero-order chi connectivity index (χ0) is 12.6. The quantitative estimate of drug-likeness (QED) is 0.771. The number of benzene rings is 1. The Morgan fingerprint density at radius 3 is 2.59 bits per heavy atom. The summed E-state index contributed by atoms with van der Waals surface area (Å²) >= 11 is 5.90. The van der Waals surface area contributed by atoms with Gasteiger partial charge >= 0.3 is 0 Å².